The van der Waals surface area contributed by atoms with Crippen molar-refractivity contribution in [3.63, 3.8) is 0 Å². The van der Waals surface area contributed by atoms with E-state index in [-0.39, 0.29) is 12.5 Å². The van der Waals surface area contributed by atoms with Crippen molar-refractivity contribution in [1.82, 2.24) is 0 Å². The van der Waals surface area contributed by atoms with Crippen LogP contribution in [0.5, 0.6) is 5.75 Å². The summed E-state index contributed by atoms with van der Waals surface area (Å²) in [5, 5.41) is 2.73. The Hall–Kier alpha value is -2.14. The molecule has 4 nitrogen and oxygen atoms in total. The van der Waals surface area contributed by atoms with Crippen LogP contribution in [0.25, 0.3) is 0 Å². The van der Waals surface area contributed by atoms with Gasteiger partial charge in [-0.15, -0.1) is 0 Å². The number of carbonyl (C=O) groups excluding carboxylic acids is 2. The molecule has 1 amide bonds. The summed E-state index contributed by atoms with van der Waals surface area (Å²) < 4.78 is 6.35. The van der Waals surface area contributed by atoms with Crippen LogP contribution in [-0.2, 0) is 4.79 Å². The van der Waals surface area contributed by atoms with Crippen LogP contribution in [0.2, 0.25) is 0 Å². The highest BCUT2D eigenvalue weighted by Crippen LogP contribution is 2.22. The molecule has 0 bridgehead atoms. The molecule has 0 heterocycles. The summed E-state index contributed by atoms with van der Waals surface area (Å²) in [4.78, 5) is 22.8. The van der Waals surface area contributed by atoms with E-state index >= 15 is 0 Å². The number of aryl methyl sites for hydroxylation is 1. The van der Waals surface area contributed by atoms with Gasteiger partial charge in [-0.3, -0.25) is 9.59 Å². The lowest BCUT2D eigenvalue weighted by atomic mass is 10.1. The van der Waals surface area contributed by atoms with E-state index in [2.05, 4.69) is 21.2 Å². The molecule has 2 aromatic carbocycles. The summed E-state index contributed by atoms with van der Waals surface area (Å²) in [6.45, 7) is 1.67. The van der Waals surface area contributed by atoms with Gasteiger partial charge in [0.2, 0.25) is 0 Å². The van der Waals surface area contributed by atoms with E-state index in [1.54, 1.807) is 24.3 Å². The summed E-state index contributed by atoms with van der Waals surface area (Å²) in [6.07, 6.45) is 0.717. The molecule has 2 aromatic rings. The Morgan fingerprint density at radius 1 is 1.29 bits per heavy atom. The van der Waals surface area contributed by atoms with Crippen LogP contribution in [0.4, 0.5) is 5.69 Å². The molecule has 1 N–H and O–H groups in total. The third-order valence-corrected chi connectivity index (χ3v) is 3.32. The molecular weight excluding hydrogens is 334 g/mol. The number of aldehydes is 1. The number of hydrogen-bond donors (Lipinski definition) is 1. The fourth-order valence-corrected chi connectivity index (χ4v) is 2.27. The van der Waals surface area contributed by atoms with Crippen molar-refractivity contribution >= 4 is 33.8 Å². The Morgan fingerprint density at radius 2 is 2.05 bits per heavy atom. The topological polar surface area (TPSA) is 55.4 Å². The van der Waals surface area contributed by atoms with Gasteiger partial charge in [-0.25, -0.2) is 0 Å². The van der Waals surface area contributed by atoms with Crippen molar-refractivity contribution < 1.29 is 14.3 Å². The van der Waals surface area contributed by atoms with Crippen molar-refractivity contribution in [2.45, 2.75) is 6.92 Å². The maximum absolute atomic E-state index is 11.9. The predicted molar refractivity (Wildman–Crippen MR) is 84.8 cm³/mol. The van der Waals surface area contributed by atoms with Crippen molar-refractivity contribution in [3.05, 3.63) is 58.1 Å². The minimum Gasteiger partial charge on any atom is -0.483 e. The van der Waals surface area contributed by atoms with E-state index in [9.17, 15) is 9.59 Å². The number of rotatable bonds is 5. The Morgan fingerprint density at radius 3 is 2.76 bits per heavy atom. The zero-order chi connectivity index (χ0) is 15.2. The summed E-state index contributed by atoms with van der Waals surface area (Å²) in [5.74, 6) is 0.157. The van der Waals surface area contributed by atoms with Gasteiger partial charge >= 0.3 is 0 Å². The van der Waals surface area contributed by atoms with E-state index in [0.717, 1.165) is 10.0 Å². The van der Waals surface area contributed by atoms with Gasteiger partial charge in [0.05, 0.1) is 5.56 Å². The van der Waals surface area contributed by atoms with Crippen LogP contribution in [-0.4, -0.2) is 18.8 Å². The van der Waals surface area contributed by atoms with Gasteiger partial charge in [0.25, 0.3) is 5.91 Å². The van der Waals surface area contributed by atoms with E-state index in [1.807, 2.05) is 25.1 Å². The highest BCUT2D eigenvalue weighted by molar-refractivity contribution is 9.10. The lowest BCUT2D eigenvalue weighted by Gasteiger charge is -2.11. The maximum Gasteiger partial charge on any atom is 0.262 e. The Kier molecular flexibility index (Phi) is 5.11. The fourth-order valence-electron chi connectivity index (χ4n) is 1.87. The van der Waals surface area contributed by atoms with Crippen molar-refractivity contribution in [2.75, 3.05) is 11.9 Å². The molecule has 0 aliphatic rings. The van der Waals surface area contributed by atoms with Gasteiger partial charge in [-0.2, -0.15) is 0 Å². The quantitative estimate of drug-likeness (QED) is 0.841. The van der Waals surface area contributed by atoms with Crippen LogP contribution >= 0.6 is 15.9 Å². The summed E-state index contributed by atoms with van der Waals surface area (Å²) in [6, 6.07) is 12.5. The molecule has 0 spiro atoms. The van der Waals surface area contributed by atoms with Crippen LogP contribution < -0.4 is 10.1 Å². The van der Waals surface area contributed by atoms with E-state index in [1.165, 1.54) is 0 Å². The standard InChI is InChI=1S/C16H14BrNO3/c1-11-4-2-5-12(9-19)16(11)21-10-15(20)18-14-7-3-6-13(17)8-14/h2-9H,10H2,1H3,(H,18,20). The van der Waals surface area contributed by atoms with Crippen LogP contribution in [0.1, 0.15) is 15.9 Å². The average Bonchev–Trinajstić information content (AvgIpc) is 2.45. The van der Waals surface area contributed by atoms with Crippen LogP contribution in [0, 0.1) is 6.92 Å². The first-order valence-corrected chi connectivity index (χ1v) is 7.12. The molecule has 108 valence electrons. The monoisotopic (exact) mass is 347 g/mol. The number of carbonyl (C=O) groups is 2. The molecule has 0 saturated heterocycles. The normalized spacial score (nSPS) is 10.0. The van der Waals surface area contributed by atoms with Gasteiger partial charge < -0.3 is 10.1 Å². The number of benzene rings is 2. The van der Waals surface area contributed by atoms with Gasteiger partial charge in [0, 0.05) is 10.2 Å². The maximum atomic E-state index is 11.9. The third kappa shape index (κ3) is 4.16. The first kappa shape index (κ1) is 15.3. The molecule has 0 saturated carbocycles. The zero-order valence-corrected chi connectivity index (χ0v) is 13.0. The molecular formula is C16H14BrNO3. The molecule has 0 atom stereocenters. The summed E-state index contributed by atoms with van der Waals surface area (Å²) >= 11 is 3.33. The second kappa shape index (κ2) is 7.04. The highest BCUT2D eigenvalue weighted by Gasteiger charge is 2.09. The van der Waals surface area contributed by atoms with Crippen molar-refractivity contribution in [3.8, 4) is 5.75 Å². The molecule has 2 rings (SSSR count). The second-order valence-corrected chi connectivity index (χ2v) is 5.37. The molecule has 5 heteroatoms. The zero-order valence-electron chi connectivity index (χ0n) is 11.4. The minimum absolute atomic E-state index is 0.155. The lowest BCUT2D eigenvalue weighted by molar-refractivity contribution is -0.118. The summed E-state index contributed by atoms with van der Waals surface area (Å²) in [5.41, 5.74) is 1.93. The smallest absolute Gasteiger partial charge is 0.262 e. The molecule has 0 aliphatic heterocycles. The van der Waals surface area contributed by atoms with Gasteiger partial charge in [-0.05, 0) is 36.8 Å². The third-order valence-electron chi connectivity index (χ3n) is 2.83. The number of anilines is 1. The highest BCUT2D eigenvalue weighted by atomic mass is 79.9. The first-order valence-electron chi connectivity index (χ1n) is 6.33. The van der Waals surface area contributed by atoms with Crippen LogP contribution in [0.3, 0.4) is 0 Å². The van der Waals surface area contributed by atoms with E-state index in [4.69, 9.17) is 4.74 Å². The average molecular weight is 348 g/mol. The van der Waals surface area contributed by atoms with Gasteiger partial charge in [0.15, 0.2) is 12.9 Å². The first-order chi connectivity index (χ1) is 10.1. The molecule has 0 aromatic heterocycles. The number of para-hydroxylation sites is 1. The van der Waals surface area contributed by atoms with Gasteiger partial charge in [0.1, 0.15) is 5.75 Å². The van der Waals surface area contributed by atoms with Crippen molar-refractivity contribution in [1.29, 1.82) is 0 Å². The summed E-state index contributed by atoms with van der Waals surface area (Å²) in [7, 11) is 0. The predicted octanol–water partition coefficient (Wildman–Crippen LogP) is 3.59. The lowest BCUT2D eigenvalue weighted by Crippen LogP contribution is -2.20. The Labute approximate surface area is 131 Å². The number of nitrogens with one attached hydrogen (secondary N) is 1. The molecule has 0 fully saturated rings. The number of hydrogen-bond acceptors (Lipinski definition) is 3. The molecule has 0 aliphatic carbocycles. The number of amides is 1. The number of halogens is 1. The fraction of sp³-hybridized carbons (Fsp3) is 0.125. The van der Waals surface area contributed by atoms with E-state index < -0.39 is 0 Å². The molecule has 0 radical (unpaired) electrons. The Balaban J connectivity index is 2.00. The van der Waals surface area contributed by atoms with Crippen molar-refractivity contribution in [2.24, 2.45) is 0 Å². The minimum atomic E-state index is -0.284. The largest absolute Gasteiger partial charge is 0.483 e. The SMILES string of the molecule is Cc1cccc(C=O)c1OCC(=O)Nc1cccc(Br)c1. The van der Waals surface area contributed by atoms with Gasteiger partial charge in [-0.1, -0.05) is 34.1 Å². The Bertz CT molecular complexity index is 670. The number of ether oxygens (including phenoxy) is 1. The molecule has 21 heavy (non-hydrogen) atoms. The second-order valence-electron chi connectivity index (χ2n) is 4.46. The van der Waals surface area contributed by atoms with E-state index in [0.29, 0.717) is 23.3 Å². The molecule has 0 unspecified atom stereocenters. The van der Waals surface area contributed by atoms with Crippen LogP contribution in [0.15, 0.2) is 46.9 Å².